The molecule has 1 unspecified atom stereocenters. The van der Waals surface area contributed by atoms with E-state index < -0.39 is 0 Å². The molecular formula is C14H25N3. The Labute approximate surface area is 105 Å². The monoisotopic (exact) mass is 235 g/mol. The molecular weight excluding hydrogens is 210 g/mol. The Morgan fingerprint density at radius 3 is 2.71 bits per heavy atom. The van der Waals surface area contributed by atoms with Crippen LogP contribution in [0.4, 0.5) is 0 Å². The summed E-state index contributed by atoms with van der Waals surface area (Å²) >= 11 is 0. The van der Waals surface area contributed by atoms with Gasteiger partial charge in [0.2, 0.25) is 0 Å². The van der Waals surface area contributed by atoms with Crippen LogP contribution >= 0.6 is 0 Å². The summed E-state index contributed by atoms with van der Waals surface area (Å²) in [5, 5.41) is 8.13. The quantitative estimate of drug-likeness (QED) is 0.850. The molecule has 1 aliphatic carbocycles. The van der Waals surface area contributed by atoms with Gasteiger partial charge in [0.25, 0.3) is 0 Å². The van der Waals surface area contributed by atoms with Crippen LogP contribution in [0, 0.1) is 12.8 Å². The second-order valence-corrected chi connectivity index (χ2v) is 5.31. The lowest BCUT2D eigenvalue weighted by atomic mass is 9.93. The van der Waals surface area contributed by atoms with Crippen LogP contribution in [-0.4, -0.2) is 16.3 Å². The van der Waals surface area contributed by atoms with Crippen molar-refractivity contribution >= 4 is 0 Å². The Hall–Kier alpha value is -0.830. The Bertz CT molecular complexity index is 331. The fraction of sp³-hybridized carbons (Fsp3) is 0.786. The molecule has 1 aliphatic rings. The van der Waals surface area contributed by atoms with Gasteiger partial charge in [-0.3, -0.25) is 4.68 Å². The van der Waals surface area contributed by atoms with Crippen molar-refractivity contribution in [2.75, 3.05) is 6.54 Å². The zero-order valence-corrected chi connectivity index (χ0v) is 11.4. The number of rotatable bonds is 5. The molecule has 3 nitrogen and oxygen atoms in total. The van der Waals surface area contributed by atoms with Crippen LogP contribution in [0.25, 0.3) is 0 Å². The second kappa shape index (κ2) is 5.67. The van der Waals surface area contributed by atoms with Gasteiger partial charge >= 0.3 is 0 Å². The summed E-state index contributed by atoms with van der Waals surface area (Å²) in [4.78, 5) is 0. The van der Waals surface area contributed by atoms with E-state index in [1.165, 1.54) is 43.4 Å². The maximum absolute atomic E-state index is 4.39. The van der Waals surface area contributed by atoms with E-state index in [1.807, 2.05) is 6.20 Å². The molecule has 0 radical (unpaired) electrons. The van der Waals surface area contributed by atoms with Gasteiger partial charge in [0.15, 0.2) is 0 Å². The fourth-order valence-corrected chi connectivity index (χ4v) is 3.08. The Morgan fingerprint density at radius 2 is 2.18 bits per heavy atom. The molecule has 17 heavy (non-hydrogen) atoms. The maximum Gasteiger partial charge on any atom is 0.0582 e. The van der Waals surface area contributed by atoms with E-state index >= 15 is 0 Å². The molecule has 1 heterocycles. The van der Waals surface area contributed by atoms with Gasteiger partial charge in [0.05, 0.1) is 17.9 Å². The highest BCUT2D eigenvalue weighted by Crippen LogP contribution is 2.36. The third kappa shape index (κ3) is 2.71. The minimum Gasteiger partial charge on any atom is -0.308 e. The summed E-state index contributed by atoms with van der Waals surface area (Å²) in [5.41, 5.74) is 2.72. The normalized spacial score (nSPS) is 18.8. The van der Waals surface area contributed by atoms with Gasteiger partial charge in [-0.1, -0.05) is 19.8 Å². The van der Waals surface area contributed by atoms with Crippen molar-refractivity contribution in [3.05, 3.63) is 17.5 Å². The summed E-state index contributed by atoms with van der Waals surface area (Å²) in [5.74, 6) is 0.802. The van der Waals surface area contributed by atoms with Crippen LogP contribution in [0.3, 0.4) is 0 Å². The van der Waals surface area contributed by atoms with Crippen molar-refractivity contribution in [2.45, 2.75) is 52.0 Å². The molecule has 96 valence electrons. The lowest BCUT2D eigenvalue weighted by Crippen LogP contribution is -2.30. The summed E-state index contributed by atoms with van der Waals surface area (Å²) in [7, 11) is 2.07. The molecule has 2 rings (SSSR count). The Balaban J connectivity index is 2.19. The molecule has 1 aromatic rings. The molecule has 0 spiro atoms. The van der Waals surface area contributed by atoms with Gasteiger partial charge in [0, 0.05) is 7.05 Å². The first kappa shape index (κ1) is 12.6. The largest absolute Gasteiger partial charge is 0.308 e. The molecule has 1 atom stereocenters. The zero-order chi connectivity index (χ0) is 12.3. The summed E-state index contributed by atoms with van der Waals surface area (Å²) < 4.78 is 2.06. The molecule has 1 aromatic heterocycles. The standard InChI is InChI=1S/C14H25N3/c1-4-9-15-13(12-7-5-6-8-12)14-11(2)10-16-17(14)3/h10,12-13,15H,4-9H2,1-3H3. The topological polar surface area (TPSA) is 29.9 Å². The van der Waals surface area contributed by atoms with E-state index in [1.54, 1.807) is 0 Å². The molecule has 3 heteroatoms. The second-order valence-electron chi connectivity index (χ2n) is 5.31. The average molecular weight is 235 g/mol. The fourth-order valence-electron chi connectivity index (χ4n) is 3.08. The highest BCUT2D eigenvalue weighted by molar-refractivity contribution is 5.20. The molecule has 0 saturated heterocycles. The predicted molar refractivity (Wildman–Crippen MR) is 70.9 cm³/mol. The van der Waals surface area contributed by atoms with Crippen LogP contribution < -0.4 is 5.32 Å². The van der Waals surface area contributed by atoms with Gasteiger partial charge < -0.3 is 5.32 Å². The van der Waals surface area contributed by atoms with Crippen molar-refractivity contribution in [1.82, 2.24) is 15.1 Å². The van der Waals surface area contributed by atoms with E-state index in [2.05, 4.69) is 36.0 Å². The zero-order valence-electron chi connectivity index (χ0n) is 11.4. The van der Waals surface area contributed by atoms with Crippen LogP contribution in [0.5, 0.6) is 0 Å². The van der Waals surface area contributed by atoms with Crippen molar-refractivity contribution in [2.24, 2.45) is 13.0 Å². The van der Waals surface area contributed by atoms with E-state index in [-0.39, 0.29) is 0 Å². The third-order valence-corrected chi connectivity index (χ3v) is 3.96. The summed E-state index contributed by atoms with van der Waals surface area (Å²) in [6.45, 7) is 5.51. The van der Waals surface area contributed by atoms with E-state index in [4.69, 9.17) is 0 Å². The highest BCUT2D eigenvalue weighted by atomic mass is 15.3. The van der Waals surface area contributed by atoms with Crippen molar-refractivity contribution < 1.29 is 0 Å². The van der Waals surface area contributed by atoms with E-state index in [0.29, 0.717) is 6.04 Å². The highest BCUT2D eigenvalue weighted by Gasteiger charge is 2.28. The van der Waals surface area contributed by atoms with Gasteiger partial charge in [-0.25, -0.2) is 0 Å². The van der Waals surface area contributed by atoms with E-state index in [0.717, 1.165) is 12.5 Å². The lowest BCUT2D eigenvalue weighted by molar-refractivity contribution is 0.350. The first-order valence-electron chi connectivity index (χ1n) is 6.96. The molecule has 0 amide bonds. The molecule has 0 aliphatic heterocycles. The maximum atomic E-state index is 4.39. The molecule has 1 saturated carbocycles. The lowest BCUT2D eigenvalue weighted by Gasteiger charge is -2.25. The first-order valence-corrected chi connectivity index (χ1v) is 6.96. The third-order valence-electron chi connectivity index (χ3n) is 3.96. The number of aryl methyl sites for hydroxylation is 2. The van der Waals surface area contributed by atoms with Crippen molar-refractivity contribution in [3.63, 3.8) is 0 Å². The minimum absolute atomic E-state index is 0.505. The van der Waals surface area contributed by atoms with Crippen LogP contribution in [0.1, 0.15) is 56.3 Å². The first-order chi connectivity index (χ1) is 8.24. The molecule has 1 fully saturated rings. The number of aromatic nitrogens is 2. The number of hydrogen-bond acceptors (Lipinski definition) is 2. The molecule has 1 N–H and O–H groups in total. The molecule has 0 bridgehead atoms. The minimum atomic E-state index is 0.505. The van der Waals surface area contributed by atoms with Gasteiger partial charge in [-0.15, -0.1) is 0 Å². The smallest absolute Gasteiger partial charge is 0.0582 e. The van der Waals surface area contributed by atoms with Crippen LogP contribution in [0.15, 0.2) is 6.20 Å². The SMILES string of the molecule is CCCNC(c1c(C)cnn1C)C1CCCC1. The van der Waals surface area contributed by atoms with Gasteiger partial charge in [0.1, 0.15) is 0 Å². The predicted octanol–water partition coefficient (Wildman–Crippen LogP) is 2.96. The number of nitrogens with one attached hydrogen (secondary N) is 1. The van der Waals surface area contributed by atoms with Crippen LogP contribution in [-0.2, 0) is 7.05 Å². The summed E-state index contributed by atoms with van der Waals surface area (Å²) in [6, 6.07) is 0.505. The number of hydrogen-bond donors (Lipinski definition) is 1. The Morgan fingerprint density at radius 1 is 1.47 bits per heavy atom. The average Bonchev–Trinajstić information content (AvgIpc) is 2.93. The molecule has 0 aromatic carbocycles. The van der Waals surface area contributed by atoms with Gasteiger partial charge in [-0.05, 0) is 44.2 Å². The van der Waals surface area contributed by atoms with Crippen molar-refractivity contribution in [3.8, 4) is 0 Å². The van der Waals surface area contributed by atoms with Crippen molar-refractivity contribution in [1.29, 1.82) is 0 Å². The van der Waals surface area contributed by atoms with E-state index in [9.17, 15) is 0 Å². The number of nitrogens with zero attached hydrogens (tertiary/aromatic N) is 2. The Kier molecular flexibility index (Phi) is 4.21. The van der Waals surface area contributed by atoms with Crippen LogP contribution in [0.2, 0.25) is 0 Å². The summed E-state index contributed by atoms with van der Waals surface area (Å²) in [6.07, 6.45) is 8.71. The van der Waals surface area contributed by atoms with Gasteiger partial charge in [-0.2, -0.15) is 5.10 Å².